The van der Waals surface area contributed by atoms with Gasteiger partial charge in [-0.25, -0.2) is 5.43 Å². The molecular weight excluding hydrogens is 308 g/mol. The molecule has 3 rings (SSSR count). The molecule has 1 N–H and O–H groups in total. The van der Waals surface area contributed by atoms with Gasteiger partial charge in [0.25, 0.3) is 5.91 Å². The summed E-state index contributed by atoms with van der Waals surface area (Å²) in [5.74, 6) is -0.234. The highest BCUT2D eigenvalue weighted by atomic mass is 16.2. The van der Waals surface area contributed by atoms with Gasteiger partial charge < -0.3 is 0 Å². The second kappa shape index (κ2) is 8.41. The minimum atomic E-state index is -0.234. The van der Waals surface area contributed by atoms with E-state index in [2.05, 4.69) is 10.5 Å². The molecule has 0 aliphatic heterocycles. The largest absolute Gasteiger partial charge is 0.271 e. The summed E-state index contributed by atoms with van der Waals surface area (Å²) in [4.78, 5) is 12.2. The van der Waals surface area contributed by atoms with Crippen molar-refractivity contribution in [1.82, 2.24) is 5.43 Å². The molecule has 3 aromatic carbocycles. The van der Waals surface area contributed by atoms with Crippen LogP contribution >= 0.6 is 0 Å². The number of nitrogens with zero attached hydrogens (tertiary/aromatic N) is 1. The Kier molecular flexibility index (Phi) is 5.52. The number of carbonyl (C=O) groups is 1. The van der Waals surface area contributed by atoms with Crippen LogP contribution in [0.25, 0.3) is 6.08 Å². The summed E-state index contributed by atoms with van der Waals surface area (Å²) in [5.41, 5.74) is 5.90. The Hall–Kier alpha value is -3.46. The van der Waals surface area contributed by atoms with Crippen LogP contribution in [0.1, 0.15) is 21.5 Å². The average molecular weight is 326 g/mol. The average Bonchev–Trinajstić information content (AvgIpc) is 2.70. The monoisotopic (exact) mass is 326 g/mol. The van der Waals surface area contributed by atoms with Crippen molar-refractivity contribution in [2.24, 2.45) is 5.10 Å². The number of allylic oxidation sites excluding steroid dienone is 1. The van der Waals surface area contributed by atoms with Crippen molar-refractivity contribution in [2.75, 3.05) is 0 Å². The van der Waals surface area contributed by atoms with E-state index in [4.69, 9.17) is 0 Å². The molecule has 3 heteroatoms. The lowest BCUT2D eigenvalue weighted by atomic mass is 10.1. The first-order valence-corrected chi connectivity index (χ1v) is 8.04. The number of carbonyl (C=O) groups excluding carboxylic acids is 1. The van der Waals surface area contributed by atoms with Crippen molar-refractivity contribution >= 4 is 17.7 Å². The molecule has 0 aromatic heterocycles. The smallest absolute Gasteiger partial charge is 0.267 e. The van der Waals surface area contributed by atoms with Crippen molar-refractivity contribution in [3.8, 4) is 0 Å². The molecule has 0 fully saturated rings. The van der Waals surface area contributed by atoms with Crippen LogP contribution in [0, 0.1) is 0 Å². The van der Waals surface area contributed by atoms with Crippen LogP contribution in [-0.4, -0.2) is 11.6 Å². The molecule has 0 heterocycles. The van der Waals surface area contributed by atoms with Gasteiger partial charge in [0.1, 0.15) is 0 Å². The van der Waals surface area contributed by atoms with Gasteiger partial charge in [-0.15, -0.1) is 0 Å². The van der Waals surface area contributed by atoms with Gasteiger partial charge in [-0.1, -0.05) is 84.9 Å². The van der Waals surface area contributed by atoms with Gasteiger partial charge in [-0.05, 0) is 23.8 Å². The van der Waals surface area contributed by atoms with Crippen molar-refractivity contribution < 1.29 is 4.79 Å². The van der Waals surface area contributed by atoms with E-state index in [1.165, 1.54) is 0 Å². The van der Waals surface area contributed by atoms with Gasteiger partial charge in [-0.3, -0.25) is 4.79 Å². The first-order valence-electron chi connectivity index (χ1n) is 8.04. The predicted molar refractivity (Wildman–Crippen MR) is 102 cm³/mol. The van der Waals surface area contributed by atoms with Crippen LogP contribution < -0.4 is 5.43 Å². The molecular formula is C22H18N2O. The molecule has 0 unspecified atom stereocenters. The first-order chi connectivity index (χ1) is 12.3. The van der Waals surface area contributed by atoms with Crippen molar-refractivity contribution in [1.29, 1.82) is 0 Å². The van der Waals surface area contributed by atoms with Gasteiger partial charge >= 0.3 is 0 Å². The number of hydrazone groups is 1. The van der Waals surface area contributed by atoms with Crippen LogP contribution in [0.3, 0.4) is 0 Å². The van der Waals surface area contributed by atoms with E-state index in [0.29, 0.717) is 11.3 Å². The van der Waals surface area contributed by atoms with Crippen LogP contribution in [0.5, 0.6) is 0 Å². The lowest BCUT2D eigenvalue weighted by Gasteiger charge is -2.04. The highest BCUT2D eigenvalue weighted by molar-refractivity contribution is 6.11. The zero-order chi connectivity index (χ0) is 17.3. The normalized spacial score (nSPS) is 11.4. The topological polar surface area (TPSA) is 41.5 Å². The lowest BCUT2D eigenvalue weighted by Crippen LogP contribution is -2.19. The number of amides is 1. The Bertz CT molecular complexity index is 870. The number of benzene rings is 3. The molecule has 0 atom stereocenters. The second-order valence-corrected chi connectivity index (χ2v) is 5.41. The van der Waals surface area contributed by atoms with E-state index >= 15 is 0 Å². The first kappa shape index (κ1) is 16.4. The summed E-state index contributed by atoms with van der Waals surface area (Å²) in [7, 11) is 0. The molecule has 0 saturated heterocycles. The highest BCUT2D eigenvalue weighted by Gasteiger charge is 2.04. The minimum absolute atomic E-state index is 0.234. The maximum Gasteiger partial charge on any atom is 0.271 e. The summed E-state index contributed by atoms with van der Waals surface area (Å²) in [6.45, 7) is 0. The molecule has 1 amide bonds. The molecule has 0 aliphatic rings. The zero-order valence-corrected chi connectivity index (χ0v) is 13.7. The second-order valence-electron chi connectivity index (χ2n) is 5.41. The van der Waals surface area contributed by atoms with Gasteiger partial charge in [0.15, 0.2) is 0 Å². The summed E-state index contributed by atoms with van der Waals surface area (Å²) in [5, 5.41) is 4.32. The van der Waals surface area contributed by atoms with Crippen molar-refractivity contribution in [2.45, 2.75) is 0 Å². The van der Waals surface area contributed by atoms with Crippen LogP contribution in [0.15, 0.2) is 102 Å². The van der Waals surface area contributed by atoms with Gasteiger partial charge in [0.2, 0.25) is 0 Å². The fraction of sp³-hybridized carbons (Fsp3) is 0. The van der Waals surface area contributed by atoms with Gasteiger partial charge in [0, 0.05) is 11.1 Å². The van der Waals surface area contributed by atoms with E-state index in [9.17, 15) is 4.79 Å². The number of nitrogens with one attached hydrogen (secondary N) is 1. The Labute approximate surface area is 147 Å². The number of hydrogen-bond acceptors (Lipinski definition) is 2. The van der Waals surface area contributed by atoms with Crippen LogP contribution in [0.2, 0.25) is 0 Å². The molecule has 0 aliphatic carbocycles. The van der Waals surface area contributed by atoms with E-state index in [0.717, 1.165) is 11.1 Å². The number of hydrogen-bond donors (Lipinski definition) is 1. The van der Waals surface area contributed by atoms with Crippen LogP contribution in [-0.2, 0) is 0 Å². The summed E-state index contributed by atoms with van der Waals surface area (Å²) in [6.07, 6.45) is 3.87. The van der Waals surface area contributed by atoms with E-state index in [-0.39, 0.29) is 5.91 Å². The SMILES string of the molecule is O=C(NN=C(/C=C/c1ccccc1)c1ccccc1)c1ccccc1. The molecule has 0 spiro atoms. The lowest BCUT2D eigenvalue weighted by molar-refractivity contribution is 0.0955. The third-order valence-electron chi connectivity index (χ3n) is 3.62. The van der Waals surface area contributed by atoms with Gasteiger partial charge in [0.05, 0.1) is 5.71 Å². The molecule has 3 aromatic rings. The number of rotatable bonds is 5. The van der Waals surface area contributed by atoms with Crippen molar-refractivity contribution in [3.63, 3.8) is 0 Å². The molecule has 122 valence electrons. The van der Waals surface area contributed by atoms with E-state index in [1.807, 2.05) is 91.0 Å². The standard InChI is InChI=1S/C22H18N2O/c25-22(20-14-8-3-9-15-20)24-23-21(19-12-6-2-7-13-19)17-16-18-10-4-1-5-11-18/h1-17H,(H,24,25)/b17-16+,23-21?. The molecule has 0 saturated carbocycles. The molecule has 0 bridgehead atoms. The predicted octanol–water partition coefficient (Wildman–Crippen LogP) is 4.53. The summed E-state index contributed by atoms with van der Waals surface area (Å²) < 4.78 is 0. The minimum Gasteiger partial charge on any atom is -0.267 e. The Balaban J connectivity index is 1.84. The summed E-state index contributed by atoms with van der Waals surface area (Å²) in [6, 6.07) is 28.8. The summed E-state index contributed by atoms with van der Waals surface area (Å²) >= 11 is 0. The van der Waals surface area contributed by atoms with E-state index in [1.54, 1.807) is 12.1 Å². The fourth-order valence-electron chi connectivity index (χ4n) is 2.31. The molecule has 25 heavy (non-hydrogen) atoms. The van der Waals surface area contributed by atoms with Gasteiger partial charge in [-0.2, -0.15) is 5.10 Å². The van der Waals surface area contributed by atoms with Crippen molar-refractivity contribution in [3.05, 3.63) is 114 Å². The molecule has 3 nitrogen and oxygen atoms in total. The zero-order valence-electron chi connectivity index (χ0n) is 13.7. The molecule has 0 radical (unpaired) electrons. The third kappa shape index (κ3) is 4.75. The Morgan fingerprint density at radius 2 is 1.24 bits per heavy atom. The third-order valence-corrected chi connectivity index (χ3v) is 3.62. The quantitative estimate of drug-likeness (QED) is 0.543. The highest BCUT2D eigenvalue weighted by Crippen LogP contribution is 2.07. The van der Waals surface area contributed by atoms with E-state index < -0.39 is 0 Å². The Morgan fingerprint density at radius 1 is 0.720 bits per heavy atom. The Morgan fingerprint density at radius 3 is 1.84 bits per heavy atom. The maximum absolute atomic E-state index is 12.2. The van der Waals surface area contributed by atoms with Crippen LogP contribution in [0.4, 0.5) is 0 Å². The maximum atomic E-state index is 12.2. The fourth-order valence-corrected chi connectivity index (χ4v) is 2.31.